The predicted octanol–water partition coefficient (Wildman–Crippen LogP) is 1.33. The molecule has 1 fully saturated rings. The Labute approximate surface area is 98.1 Å². The Morgan fingerprint density at radius 1 is 1.24 bits per heavy atom. The van der Waals surface area contributed by atoms with Gasteiger partial charge in [0.2, 0.25) is 0 Å². The summed E-state index contributed by atoms with van der Waals surface area (Å²) >= 11 is 0. The molecule has 0 bridgehead atoms. The molecule has 94 valence electrons. The van der Waals surface area contributed by atoms with Gasteiger partial charge in [0.15, 0.2) is 11.6 Å². The average Bonchev–Trinajstić information content (AvgIpc) is 2.26. The predicted molar refractivity (Wildman–Crippen MR) is 58.8 cm³/mol. The van der Waals surface area contributed by atoms with E-state index in [2.05, 4.69) is 5.32 Å². The molecule has 0 radical (unpaired) electrons. The first-order valence-corrected chi connectivity index (χ1v) is 5.60. The quantitative estimate of drug-likeness (QED) is 0.734. The van der Waals surface area contributed by atoms with E-state index in [-0.39, 0.29) is 12.0 Å². The van der Waals surface area contributed by atoms with Crippen LogP contribution >= 0.6 is 0 Å². The second-order valence-corrected chi connectivity index (χ2v) is 4.55. The molecule has 0 saturated carbocycles. The van der Waals surface area contributed by atoms with Gasteiger partial charge in [-0.3, -0.25) is 0 Å². The first kappa shape index (κ1) is 12.3. The SMILES string of the molecule is Oc1c(F)cc(F)cc1CC1(O)CCNCC1. The van der Waals surface area contributed by atoms with Crippen LogP contribution in [-0.4, -0.2) is 28.9 Å². The van der Waals surface area contributed by atoms with Crippen molar-refractivity contribution in [3.05, 3.63) is 29.3 Å². The summed E-state index contributed by atoms with van der Waals surface area (Å²) in [5, 5.41) is 22.8. The number of hydrogen-bond donors (Lipinski definition) is 3. The summed E-state index contributed by atoms with van der Waals surface area (Å²) < 4.78 is 26.2. The molecule has 3 N–H and O–H groups in total. The Hall–Kier alpha value is -1.20. The molecule has 1 heterocycles. The Morgan fingerprint density at radius 3 is 2.53 bits per heavy atom. The number of piperidine rings is 1. The fourth-order valence-electron chi connectivity index (χ4n) is 2.18. The maximum absolute atomic E-state index is 13.1. The lowest BCUT2D eigenvalue weighted by molar-refractivity contribution is 0.0102. The minimum Gasteiger partial charge on any atom is -0.505 e. The Bertz CT molecular complexity index is 417. The zero-order valence-corrected chi connectivity index (χ0v) is 9.34. The Balaban J connectivity index is 2.23. The van der Waals surface area contributed by atoms with E-state index in [1.54, 1.807) is 0 Å². The van der Waals surface area contributed by atoms with Crippen LogP contribution in [0.4, 0.5) is 8.78 Å². The number of phenolic OH excluding ortho intramolecular Hbond substituents is 1. The van der Waals surface area contributed by atoms with Gasteiger partial charge in [-0.25, -0.2) is 8.78 Å². The molecule has 1 aromatic carbocycles. The molecule has 0 amide bonds. The zero-order valence-electron chi connectivity index (χ0n) is 9.34. The molecule has 1 aliphatic heterocycles. The summed E-state index contributed by atoms with van der Waals surface area (Å²) in [4.78, 5) is 0. The second-order valence-electron chi connectivity index (χ2n) is 4.55. The van der Waals surface area contributed by atoms with Crippen molar-refractivity contribution in [3.63, 3.8) is 0 Å². The largest absolute Gasteiger partial charge is 0.505 e. The highest BCUT2D eigenvalue weighted by atomic mass is 19.1. The van der Waals surface area contributed by atoms with E-state index in [9.17, 15) is 19.0 Å². The van der Waals surface area contributed by atoms with Crippen molar-refractivity contribution in [1.29, 1.82) is 0 Å². The van der Waals surface area contributed by atoms with Crippen LogP contribution in [0.15, 0.2) is 12.1 Å². The zero-order chi connectivity index (χ0) is 12.5. The maximum atomic E-state index is 13.1. The molecule has 0 spiro atoms. The van der Waals surface area contributed by atoms with Gasteiger partial charge in [0.25, 0.3) is 0 Å². The molecule has 1 aliphatic rings. The van der Waals surface area contributed by atoms with Crippen molar-refractivity contribution in [1.82, 2.24) is 5.32 Å². The van der Waals surface area contributed by atoms with E-state index in [4.69, 9.17) is 0 Å². The van der Waals surface area contributed by atoms with Gasteiger partial charge in [-0.15, -0.1) is 0 Å². The number of hydrogen-bond acceptors (Lipinski definition) is 3. The minimum absolute atomic E-state index is 0.0647. The highest BCUT2D eigenvalue weighted by molar-refractivity contribution is 5.35. The number of nitrogens with one attached hydrogen (secondary N) is 1. The highest BCUT2D eigenvalue weighted by Gasteiger charge is 2.30. The molecule has 0 aromatic heterocycles. The monoisotopic (exact) mass is 243 g/mol. The molecule has 5 heteroatoms. The number of aliphatic hydroxyl groups is 1. The van der Waals surface area contributed by atoms with E-state index >= 15 is 0 Å². The van der Waals surface area contributed by atoms with Crippen molar-refractivity contribution >= 4 is 0 Å². The maximum Gasteiger partial charge on any atom is 0.168 e. The third kappa shape index (κ3) is 2.73. The average molecular weight is 243 g/mol. The van der Waals surface area contributed by atoms with Gasteiger partial charge < -0.3 is 15.5 Å². The van der Waals surface area contributed by atoms with Gasteiger partial charge in [-0.2, -0.15) is 0 Å². The van der Waals surface area contributed by atoms with Crippen molar-refractivity contribution in [2.24, 2.45) is 0 Å². The van der Waals surface area contributed by atoms with Crippen LogP contribution in [-0.2, 0) is 6.42 Å². The standard InChI is InChI=1S/C12H15F2NO2/c13-9-5-8(11(16)10(14)6-9)7-12(17)1-3-15-4-2-12/h5-6,15-17H,1-4,7H2. The highest BCUT2D eigenvalue weighted by Crippen LogP contribution is 2.30. The molecule has 0 atom stereocenters. The lowest BCUT2D eigenvalue weighted by atomic mass is 9.86. The van der Waals surface area contributed by atoms with Crippen LogP contribution in [0, 0.1) is 11.6 Å². The smallest absolute Gasteiger partial charge is 0.168 e. The van der Waals surface area contributed by atoms with Gasteiger partial charge >= 0.3 is 0 Å². The molecular weight excluding hydrogens is 228 g/mol. The molecule has 0 unspecified atom stereocenters. The summed E-state index contributed by atoms with van der Waals surface area (Å²) in [7, 11) is 0. The van der Waals surface area contributed by atoms with Crippen molar-refractivity contribution in [3.8, 4) is 5.75 Å². The third-order valence-electron chi connectivity index (χ3n) is 3.16. The summed E-state index contributed by atoms with van der Waals surface area (Å²) in [5.41, 5.74) is -0.880. The van der Waals surface area contributed by atoms with Crippen molar-refractivity contribution in [2.45, 2.75) is 24.9 Å². The second kappa shape index (κ2) is 4.58. The number of rotatable bonds is 2. The fraction of sp³-hybridized carbons (Fsp3) is 0.500. The molecule has 17 heavy (non-hydrogen) atoms. The summed E-state index contributed by atoms with van der Waals surface area (Å²) in [6, 6.07) is 1.70. The lowest BCUT2D eigenvalue weighted by Crippen LogP contribution is -2.43. The van der Waals surface area contributed by atoms with Crippen LogP contribution in [0.1, 0.15) is 18.4 Å². The van der Waals surface area contributed by atoms with Crippen molar-refractivity contribution < 1.29 is 19.0 Å². The van der Waals surface area contributed by atoms with E-state index in [1.807, 2.05) is 0 Å². The van der Waals surface area contributed by atoms with Crippen LogP contribution in [0.3, 0.4) is 0 Å². The van der Waals surface area contributed by atoms with Crippen LogP contribution in [0.25, 0.3) is 0 Å². The number of halogens is 2. The van der Waals surface area contributed by atoms with Gasteiger partial charge in [-0.1, -0.05) is 0 Å². The lowest BCUT2D eigenvalue weighted by Gasteiger charge is -2.32. The Kier molecular flexibility index (Phi) is 3.31. The summed E-state index contributed by atoms with van der Waals surface area (Å²) in [6.45, 7) is 1.32. The molecule has 3 nitrogen and oxygen atoms in total. The van der Waals surface area contributed by atoms with Crippen LogP contribution in [0.2, 0.25) is 0 Å². The first-order valence-electron chi connectivity index (χ1n) is 5.60. The van der Waals surface area contributed by atoms with Gasteiger partial charge in [0, 0.05) is 18.1 Å². The minimum atomic E-state index is -0.997. The van der Waals surface area contributed by atoms with E-state index < -0.39 is 23.0 Å². The molecule has 1 aromatic rings. The molecular formula is C12H15F2NO2. The third-order valence-corrected chi connectivity index (χ3v) is 3.16. The first-order chi connectivity index (χ1) is 8.00. The van der Waals surface area contributed by atoms with Crippen molar-refractivity contribution in [2.75, 3.05) is 13.1 Å². The van der Waals surface area contributed by atoms with E-state index in [0.717, 1.165) is 6.07 Å². The summed E-state index contributed by atoms with van der Waals surface area (Å²) in [6.07, 6.45) is 1.07. The fourth-order valence-corrected chi connectivity index (χ4v) is 2.18. The summed E-state index contributed by atoms with van der Waals surface area (Å²) in [5.74, 6) is -2.30. The number of aromatic hydroxyl groups is 1. The van der Waals surface area contributed by atoms with Crippen LogP contribution in [0.5, 0.6) is 5.75 Å². The van der Waals surface area contributed by atoms with Gasteiger partial charge in [0.05, 0.1) is 5.60 Å². The van der Waals surface area contributed by atoms with Gasteiger partial charge in [-0.05, 0) is 32.0 Å². The number of benzene rings is 1. The normalized spacial score (nSPS) is 19.2. The van der Waals surface area contributed by atoms with Gasteiger partial charge in [0.1, 0.15) is 5.82 Å². The topological polar surface area (TPSA) is 52.5 Å². The number of phenols is 1. The molecule has 0 aliphatic carbocycles. The molecule has 1 saturated heterocycles. The molecule has 2 rings (SSSR count). The van der Waals surface area contributed by atoms with E-state index in [1.165, 1.54) is 0 Å². The Morgan fingerprint density at radius 2 is 1.88 bits per heavy atom. The van der Waals surface area contributed by atoms with Crippen LogP contribution < -0.4 is 5.32 Å². The van der Waals surface area contributed by atoms with E-state index in [0.29, 0.717) is 32.0 Å².